The summed E-state index contributed by atoms with van der Waals surface area (Å²) in [7, 11) is 2.24. The third-order valence-electron chi connectivity index (χ3n) is 4.36. The Morgan fingerprint density at radius 2 is 1.95 bits per heavy atom. The topological polar surface area (TPSA) is 29.3 Å². The predicted octanol–water partition coefficient (Wildman–Crippen LogP) is 3.59. The number of benzene rings is 1. The first-order valence-electron chi connectivity index (χ1n) is 7.63. The lowest BCUT2D eigenvalue weighted by Crippen LogP contribution is -2.35. The van der Waals surface area contributed by atoms with Crippen molar-refractivity contribution in [2.24, 2.45) is 11.7 Å². The minimum atomic E-state index is 0.239. The predicted molar refractivity (Wildman–Crippen MR) is 83.6 cm³/mol. The van der Waals surface area contributed by atoms with Crippen LogP contribution in [-0.2, 0) is 6.42 Å². The van der Waals surface area contributed by atoms with E-state index in [1.807, 2.05) is 0 Å². The van der Waals surface area contributed by atoms with Crippen molar-refractivity contribution in [2.75, 3.05) is 11.9 Å². The highest BCUT2D eigenvalue weighted by atomic mass is 15.1. The summed E-state index contributed by atoms with van der Waals surface area (Å²) in [6, 6.07) is 9.89. The molecule has 106 valence electrons. The van der Waals surface area contributed by atoms with Crippen LogP contribution < -0.4 is 10.6 Å². The average molecular weight is 260 g/mol. The number of rotatable bonds is 4. The second-order valence-electron chi connectivity index (χ2n) is 6.38. The Hall–Kier alpha value is -1.02. The monoisotopic (exact) mass is 260 g/mol. The van der Waals surface area contributed by atoms with Gasteiger partial charge in [0.25, 0.3) is 0 Å². The standard InChI is InChI=1S/C17H28N2/c1-13-5-4-6-17(11-13)19(3)16-9-7-15(8-10-16)12-14(2)18/h7-10,13-14,17H,4-6,11-12,18H2,1-3H3. The highest BCUT2D eigenvalue weighted by Gasteiger charge is 2.22. The molecule has 1 aliphatic rings. The molecule has 1 aliphatic carbocycles. The van der Waals surface area contributed by atoms with Crippen LogP contribution in [0.15, 0.2) is 24.3 Å². The fraction of sp³-hybridized carbons (Fsp3) is 0.647. The first-order chi connectivity index (χ1) is 9.06. The van der Waals surface area contributed by atoms with Gasteiger partial charge in [-0.05, 0) is 49.8 Å². The Morgan fingerprint density at radius 3 is 2.53 bits per heavy atom. The molecule has 2 rings (SSSR count). The molecule has 0 bridgehead atoms. The maximum atomic E-state index is 5.84. The van der Waals surface area contributed by atoms with Gasteiger partial charge in [0.05, 0.1) is 0 Å². The van der Waals surface area contributed by atoms with Gasteiger partial charge >= 0.3 is 0 Å². The SMILES string of the molecule is CC(N)Cc1ccc(N(C)C2CCCC(C)C2)cc1. The lowest BCUT2D eigenvalue weighted by molar-refractivity contribution is 0.336. The van der Waals surface area contributed by atoms with Gasteiger partial charge in [0.1, 0.15) is 0 Å². The number of hydrogen-bond acceptors (Lipinski definition) is 2. The molecule has 2 nitrogen and oxygen atoms in total. The number of nitrogens with two attached hydrogens (primary N) is 1. The van der Waals surface area contributed by atoms with Crippen LogP contribution in [0, 0.1) is 5.92 Å². The number of anilines is 1. The van der Waals surface area contributed by atoms with Crippen molar-refractivity contribution in [1.82, 2.24) is 0 Å². The summed E-state index contributed by atoms with van der Waals surface area (Å²) < 4.78 is 0. The van der Waals surface area contributed by atoms with Gasteiger partial charge in [0.2, 0.25) is 0 Å². The molecule has 3 atom stereocenters. The minimum Gasteiger partial charge on any atom is -0.372 e. The van der Waals surface area contributed by atoms with Crippen LogP contribution in [0.5, 0.6) is 0 Å². The highest BCUT2D eigenvalue weighted by molar-refractivity contribution is 5.48. The van der Waals surface area contributed by atoms with E-state index in [2.05, 4.69) is 50.1 Å². The van der Waals surface area contributed by atoms with E-state index in [1.165, 1.54) is 36.9 Å². The van der Waals surface area contributed by atoms with E-state index in [-0.39, 0.29) is 6.04 Å². The fourth-order valence-corrected chi connectivity index (χ4v) is 3.20. The van der Waals surface area contributed by atoms with Gasteiger partial charge < -0.3 is 10.6 Å². The second-order valence-corrected chi connectivity index (χ2v) is 6.38. The van der Waals surface area contributed by atoms with Crippen LogP contribution in [0.25, 0.3) is 0 Å². The van der Waals surface area contributed by atoms with E-state index >= 15 is 0 Å². The van der Waals surface area contributed by atoms with E-state index in [1.54, 1.807) is 0 Å². The molecule has 1 fully saturated rings. The maximum Gasteiger partial charge on any atom is 0.0366 e. The molecule has 3 unspecified atom stereocenters. The molecule has 1 saturated carbocycles. The number of hydrogen-bond donors (Lipinski definition) is 1. The molecule has 0 spiro atoms. The van der Waals surface area contributed by atoms with Crippen LogP contribution in [0.2, 0.25) is 0 Å². The molecule has 2 N–H and O–H groups in total. The molecule has 0 amide bonds. The van der Waals surface area contributed by atoms with E-state index in [0.717, 1.165) is 12.3 Å². The van der Waals surface area contributed by atoms with Crippen molar-refractivity contribution in [3.8, 4) is 0 Å². The van der Waals surface area contributed by atoms with Gasteiger partial charge in [0.15, 0.2) is 0 Å². The summed E-state index contributed by atoms with van der Waals surface area (Å²) in [5, 5.41) is 0. The van der Waals surface area contributed by atoms with Gasteiger partial charge in [0, 0.05) is 24.8 Å². The quantitative estimate of drug-likeness (QED) is 0.896. The van der Waals surface area contributed by atoms with Crippen LogP contribution in [-0.4, -0.2) is 19.1 Å². The highest BCUT2D eigenvalue weighted by Crippen LogP contribution is 2.29. The molecule has 19 heavy (non-hydrogen) atoms. The summed E-state index contributed by atoms with van der Waals surface area (Å²) in [6.07, 6.45) is 6.40. The van der Waals surface area contributed by atoms with Gasteiger partial charge in [-0.2, -0.15) is 0 Å². The molecule has 2 heteroatoms. The summed E-state index contributed by atoms with van der Waals surface area (Å²) in [5.74, 6) is 0.874. The molecular weight excluding hydrogens is 232 g/mol. The van der Waals surface area contributed by atoms with Crippen molar-refractivity contribution in [3.63, 3.8) is 0 Å². The summed E-state index contributed by atoms with van der Waals surface area (Å²) in [4.78, 5) is 2.46. The molecular formula is C17H28N2. The van der Waals surface area contributed by atoms with Crippen LogP contribution >= 0.6 is 0 Å². The second kappa shape index (κ2) is 6.42. The van der Waals surface area contributed by atoms with Crippen molar-refractivity contribution in [2.45, 2.75) is 58.0 Å². The first kappa shape index (κ1) is 14.4. The van der Waals surface area contributed by atoms with Crippen LogP contribution in [0.3, 0.4) is 0 Å². The van der Waals surface area contributed by atoms with E-state index in [0.29, 0.717) is 6.04 Å². The van der Waals surface area contributed by atoms with Crippen molar-refractivity contribution < 1.29 is 0 Å². The summed E-state index contributed by atoms with van der Waals surface area (Å²) in [5.41, 5.74) is 8.52. The fourth-order valence-electron chi connectivity index (χ4n) is 3.20. The Labute approximate surface area is 118 Å². The molecule has 0 saturated heterocycles. The largest absolute Gasteiger partial charge is 0.372 e. The third kappa shape index (κ3) is 3.97. The zero-order valence-electron chi connectivity index (χ0n) is 12.6. The van der Waals surface area contributed by atoms with E-state index < -0.39 is 0 Å². The van der Waals surface area contributed by atoms with Crippen molar-refractivity contribution in [3.05, 3.63) is 29.8 Å². The van der Waals surface area contributed by atoms with Crippen LogP contribution in [0.1, 0.15) is 45.1 Å². The Morgan fingerprint density at radius 1 is 1.26 bits per heavy atom. The Kier molecular flexibility index (Phi) is 4.87. The first-order valence-corrected chi connectivity index (χ1v) is 7.63. The lowest BCUT2D eigenvalue weighted by Gasteiger charge is -2.35. The molecule has 1 aromatic rings. The van der Waals surface area contributed by atoms with Gasteiger partial charge in [-0.3, -0.25) is 0 Å². The van der Waals surface area contributed by atoms with Crippen molar-refractivity contribution >= 4 is 5.69 Å². The number of nitrogens with zero attached hydrogens (tertiary/aromatic N) is 1. The molecule has 0 aromatic heterocycles. The molecule has 0 heterocycles. The molecule has 0 radical (unpaired) electrons. The molecule has 1 aromatic carbocycles. The zero-order chi connectivity index (χ0) is 13.8. The Bertz CT molecular complexity index is 383. The molecule has 0 aliphatic heterocycles. The average Bonchev–Trinajstić information content (AvgIpc) is 2.38. The Balaban J connectivity index is 2.00. The van der Waals surface area contributed by atoms with Crippen molar-refractivity contribution in [1.29, 1.82) is 0 Å². The van der Waals surface area contributed by atoms with E-state index in [4.69, 9.17) is 5.73 Å². The van der Waals surface area contributed by atoms with Gasteiger partial charge in [-0.1, -0.05) is 31.9 Å². The minimum absolute atomic E-state index is 0.239. The van der Waals surface area contributed by atoms with Gasteiger partial charge in [-0.15, -0.1) is 0 Å². The third-order valence-corrected chi connectivity index (χ3v) is 4.36. The van der Waals surface area contributed by atoms with Crippen LogP contribution in [0.4, 0.5) is 5.69 Å². The van der Waals surface area contributed by atoms with Gasteiger partial charge in [-0.25, -0.2) is 0 Å². The van der Waals surface area contributed by atoms with E-state index in [9.17, 15) is 0 Å². The summed E-state index contributed by atoms with van der Waals surface area (Å²) in [6.45, 7) is 4.44. The zero-order valence-corrected chi connectivity index (χ0v) is 12.6. The summed E-state index contributed by atoms with van der Waals surface area (Å²) >= 11 is 0. The normalized spacial score (nSPS) is 25.1. The maximum absolute atomic E-state index is 5.84. The smallest absolute Gasteiger partial charge is 0.0366 e. The lowest BCUT2D eigenvalue weighted by atomic mass is 9.86.